The monoisotopic (exact) mass is 407 g/mol. The molecule has 0 aliphatic carbocycles. The summed E-state index contributed by atoms with van der Waals surface area (Å²) in [5.74, 6) is 2.25. The van der Waals surface area contributed by atoms with E-state index in [4.69, 9.17) is 39.5 Å². The van der Waals surface area contributed by atoms with E-state index in [0.29, 0.717) is 50.4 Å². The molecule has 0 radical (unpaired) electrons. The predicted molar refractivity (Wildman–Crippen MR) is 107 cm³/mol. The Hall–Kier alpha value is -2.01. The summed E-state index contributed by atoms with van der Waals surface area (Å²) in [6.07, 6.45) is 0. The Balaban J connectivity index is 1.88. The molecule has 0 saturated heterocycles. The van der Waals surface area contributed by atoms with Gasteiger partial charge in [0.1, 0.15) is 11.6 Å². The van der Waals surface area contributed by atoms with Gasteiger partial charge >= 0.3 is 0 Å². The van der Waals surface area contributed by atoms with Gasteiger partial charge in [0.05, 0.1) is 10.7 Å². The van der Waals surface area contributed by atoms with Crippen molar-refractivity contribution >= 4 is 40.6 Å². The van der Waals surface area contributed by atoms with E-state index in [1.54, 1.807) is 18.2 Å². The van der Waals surface area contributed by atoms with Gasteiger partial charge < -0.3 is 10.1 Å². The fraction of sp³-hybridized carbons (Fsp3) is 0.158. The lowest BCUT2D eigenvalue weighted by atomic mass is 10.2. The molecule has 2 aromatic carbocycles. The van der Waals surface area contributed by atoms with Crippen LogP contribution in [0.3, 0.4) is 0 Å². The van der Waals surface area contributed by atoms with Gasteiger partial charge in [0, 0.05) is 16.6 Å². The fourth-order valence-corrected chi connectivity index (χ4v) is 2.97. The molecule has 0 spiro atoms. The summed E-state index contributed by atoms with van der Waals surface area (Å²) in [6, 6.07) is 12.7. The topological polar surface area (TPSA) is 47.0 Å². The zero-order chi connectivity index (χ0) is 18.7. The highest BCUT2D eigenvalue weighted by Gasteiger charge is 2.14. The lowest BCUT2D eigenvalue weighted by Gasteiger charge is -2.15. The van der Waals surface area contributed by atoms with Crippen LogP contribution in [0.4, 0.5) is 5.82 Å². The third kappa shape index (κ3) is 4.58. The van der Waals surface area contributed by atoms with Crippen molar-refractivity contribution in [3.8, 4) is 11.5 Å². The van der Waals surface area contributed by atoms with Gasteiger partial charge in [0.2, 0.25) is 0 Å². The minimum atomic E-state index is 0.418. The van der Waals surface area contributed by atoms with E-state index in [2.05, 4.69) is 15.3 Å². The molecule has 26 heavy (non-hydrogen) atoms. The zero-order valence-electron chi connectivity index (χ0n) is 14.2. The SMILES string of the molecule is Cc1nc(C)c(Oc2ccc(Cl)cc2Cl)c(NCc2ccc(Cl)cc2)n1. The van der Waals surface area contributed by atoms with Gasteiger partial charge in [0.25, 0.3) is 0 Å². The number of ether oxygens (including phenoxy) is 1. The first-order valence-corrected chi connectivity index (χ1v) is 9.02. The van der Waals surface area contributed by atoms with E-state index >= 15 is 0 Å². The molecule has 1 N–H and O–H groups in total. The number of halogens is 3. The molecule has 134 valence electrons. The number of hydrogen-bond acceptors (Lipinski definition) is 4. The zero-order valence-corrected chi connectivity index (χ0v) is 16.5. The molecular formula is C19H16Cl3N3O. The van der Waals surface area contributed by atoms with Crippen LogP contribution in [-0.2, 0) is 6.54 Å². The Morgan fingerprint density at radius 1 is 0.923 bits per heavy atom. The standard InChI is InChI=1S/C19H16Cl3N3O/c1-11-18(26-17-8-7-15(21)9-16(17)22)19(25-12(2)24-11)23-10-13-3-5-14(20)6-4-13/h3-9H,10H2,1-2H3,(H,23,24,25). The first kappa shape index (κ1) is 18.8. The summed E-state index contributed by atoms with van der Waals surface area (Å²) in [5, 5.41) is 4.95. The second kappa shape index (κ2) is 8.12. The van der Waals surface area contributed by atoms with Crippen LogP contribution < -0.4 is 10.1 Å². The molecule has 1 aromatic heterocycles. The van der Waals surface area contributed by atoms with E-state index in [9.17, 15) is 0 Å². The summed E-state index contributed by atoms with van der Waals surface area (Å²) in [7, 11) is 0. The molecule has 0 saturated carbocycles. The van der Waals surface area contributed by atoms with Crippen molar-refractivity contribution in [3.05, 3.63) is 74.6 Å². The van der Waals surface area contributed by atoms with Gasteiger partial charge in [-0.05, 0) is 49.7 Å². The van der Waals surface area contributed by atoms with Crippen molar-refractivity contribution in [1.82, 2.24) is 9.97 Å². The number of rotatable bonds is 5. The Morgan fingerprint density at radius 3 is 2.31 bits per heavy atom. The predicted octanol–water partition coefficient (Wildman–Crippen LogP) is 6.46. The summed E-state index contributed by atoms with van der Waals surface area (Å²) in [6.45, 7) is 4.26. The molecule has 0 aliphatic heterocycles. The maximum atomic E-state index is 6.22. The number of aromatic nitrogens is 2. The van der Waals surface area contributed by atoms with Crippen LogP contribution in [0.2, 0.25) is 15.1 Å². The lowest BCUT2D eigenvalue weighted by Crippen LogP contribution is -2.07. The maximum absolute atomic E-state index is 6.22. The van der Waals surface area contributed by atoms with E-state index in [1.165, 1.54) is 0 Å². The smallest absolute Gasteiger partial charge is 0.190 e. The van der Waals surface area contributed by atoms with Crippen LogP contribution in [0.5, 0.6) is 11.5 Å². The average Bonchev–Trinajstić information content (AvgIpc) is 2.59. The van der Waals surface area contributed by atoms with Crippen molar-refractivity contribution in [2.75, 3.05) is 5.32 Å². The highest BCUT2D eigenvalue weighted by Crippen LogP contribution is 2.36. The van der Waals surface area contributed by atoms with Crippen molar-refractivity contribution < 1.29 is 4.74 Å². The largest absolute Gasteiger partial charge is 0.450 e. The van der Waals surface area contributed by atoms with Gasteiger partial charge in [-0.2, -0.15) is 0 Å². The number of nitrogens with one attached hydrogen (secondary N) is 1. The van der Waals surface area contributed by atoms with Crippen molar-refractivity contribution in [2.24, 2.45) is 0 Å². The molecule has 7 heteroatoms. The Kier molecular flexibility index (Phi) is 5.87. The number of aryl methyl sites for hydroxylation is 2. The van der Waals surface area contributed by atoms with Crippen molar-refractivity contribution in [2.45, 2.75) is 20.4 Å². The number of anilines is 1. The van der Waals surface area contributed by atoms with E-state index in [-0.39, 0.29) is 0 Å². The van der Waals surface area contributed by atoms with Crippen LogP contribution in [-0.4, -0.2) is 9.97 Å². The third-order valence-corrected chi connectivity index (χ3v) is 4.41. The van der Waals surface area contributed by atoms with E-state index < -0.39 is 0 Å². The van der Waals surface area contributed by atoms with Gasteiger partial charge in [-0.15, -0.1) is 0 Å². The maximum Gasteiger partial charge on any atom is 0.190 e. The van der Waals surface area contributed by atoms with Crippen molar-refractivity contribution in [1.29, 1.82) is 0 Å². The molecule has 0 bridgehead atoms. The summed E-state index contributed by atoms with van der Waals surface area (Å²) < 4.78 is 5.99. The molecule has 0 atom stereocenters. The van der Waals surface area contributed by atoms with Crippen LogP contribution in [0.15, 0.2) is 42.5 Å². The van der Waals surface area contributed by atoms with Gasteiger partial charge in [0.15, 0.2) is 11.6 Å². The Bertz CT molecular complexity index is 930. The molecule has 3 aromatic rings. The van der Waals surface area contributed by atoms with Crippen LogP contribution in [0.25, 0.3) is 0 Å². The third-order valence-electron chi connectivity index (χ3n) is 3.63. The number of benzene rings is 2. The van der Waals surface area contributed by atoms with Crippen LogP contribution in [0, 0.1) is 13.8 Å². The quantitative estimate of drug-likeness (QED) is 0.526. The summed E-state index contributed by atoms with van der Waals surface area (Å²) >= 11 is 18.1. The lowest BCUT2D eigenvalue weighted by molar-refractivity contribution is 0.474. The Morgan fingerprint density at radius 2 is 1.62 bits per heavy atom. The number of nitrogens with zero attached hydrogens (tertiary/aromatic N) is 2. The average molecular weight is 409 g/mol. The Labute approximate surface area is 167 Å². The highest BCUT2D eigenvalue weighted by atomic mass is 35.5. The molecule has 0 aliphatic rings. The highest BCUT2D eigenvalue weighted by molar-refractivity contribution is 6.35. The number of hydrogen-bond donors (Lipinski definition) is 1. The molecule has 3 rings (SSSR count). The molecule has 4 nitrogen and oxygen atoms in total. The summed E-state index contributed by atoms with van der Waals surface area (Å²) in [5.41, 5.74) is 1.78. The second-order valence-corrected chi connectivity index (χ2v) is 6.97. The van der Waals surface area contributed by atoms with E-state index in [1.807, 2.05) is 38.1 Å². The van der Waals surface area contributed by atoms with Crippen LogP contribution >= 0.6 is 34.8 Å². The van der Waals surface area contributed by atoms with Gasteiger partial charge in [-0.25, -0.2) is 9.97 Å². The normalized spacial score (nSPS) is 10.7. The molecule has 0 unspecified atom stereocenters. The van der Waals surface area contributed by atoms with Gasteiger partial charge in [-0.1, -0.05) is 46.9 Å². The minimum Gasteiger partial charge on any atom is -0.450 e. The van der Waals surface area contributed by atoms with Gasteiger partial charge in [-0.3, -0.25) is 0 Å². The second-order valence-electron chi connectivity index (χ2n) is 5.69. The molecule has 1 heterocycles. The first-order chi connectivity index (χ1) is 12.4. The molecule has 0 amide bonds. The fourth-order valence-electron chi connectivity index (χ4n) is 2.40. The van der Waals surface area contributed by atoms with E-state index in [0.717, 1.165) is 5.56 Å². The summed E-state index contributed by atoms with van der Waals surface area (Å²) in [4.78, 5) is 8.85. The minimum absolute atomic E-state index is 0.418. The van der Waals surface area contributed by atoms with Crippen LogP contribution in [0.1, 0.15) is 17.1 Å². The molecular weight excluding hydrogens is 393 g/mol. The molecule has 0 fully saturated rings. The van der Waals surface area contributed by atoms with Crippen molar-refractivity contribution in [3.63, 3.8) is 0 Å². The first-order valence-electron chi connectivity index (χ1n) is 7.89.